The molecule has 118 valence electrons. The lowest BCUT2D eigenvalue weighted by atomic mass is 10.1. The van der Waals surface area contributed by atoms with Crippen LogP contribution >= 0.6 is 15.9 Å². The van der Waals surface area contributed by atoms with Crippen molar-refractivity contribution in [2.24, 2.45) is 0 Å². The zero-order valence-electron chi connectivity index (χ0n) is 12.2. The summed E-state index contributed by atoms with van der Waals surface area (Å²) in [6, 6.07) is 6.59. The van der Waals surface area contributed by atoms with Gasteiger partial charge in [0.15, 0.2) is 0 Å². The highest BCUT2D eigenvalue weighted by Gasteiger charge is 2.15. The number of sulfonamides is 1. The normalized spacial score (nSPS) is 11.6. The van der Waals surface area contributed by atoms with E-state index in [4.69, 9.17) is 0 Å². The van der Waals surface area contributed by atoms with Crippen molar-refractivity contribution in [1.29, 1.82) is 0 Å². The predicted octanol–water partition coefficient (Wildman–Crippen LogP) is 2.42. The van der Waals surface area contributed by atoms with Crippen molar-refractivity contribution in [3.63, 3.8) is 0 Å². The first-order valence-electron chi connectivity index (χ1n) is 6.93. The Balaban J connectivity index is 2.50. The zero-order chi connectivity index (χ0) is 15.9. The van der Waals surface area contributed by atoms with E-state index < -0.39 is 10.0 Å². The third kappa shape index (κ3) is 6.15. The van der Waals surface area contributed by atoms with E-state index in [0.29, 0.717) is 4.47 Å². The van der Waals surface area contributed by atoms with Crippen molar-refractivity contribution in [3.05, 3.63) is 28.7 Å². The first kappa shape index (κ1) is 18.1. The summed E-state index contributed by atoms with van der Waals surface area (Å²) in [5.41, 5.74) is 0. The van der Waals surface area contributed by atoms with Gasteiger partial charge in [0.05, 0.1) is 4.90 Å². The Hall–Kier alpha value is -0.920. The minimum absolute atomic E-state index is 0.0842. The number of hydrogen-bond donors (Lipinski definition) is 2. The van der Waals surface area contributed by atoms with E-state index in [-0.39, 0.29) is 29.8 Å². The van der Waals surface area contributed by atoms with Crippen LogP contribution in [0.1, 0.15) is 33.1 Å². The smallest absolute Gasteiger partial charge is 0.240 e. The van der Waals surface area contributed by atoms with Crippen molar-refractivity contribution in [3.8, 4) is 0 Å². The maximum absolute atomic E-state index is 12.0. The molecule has 5 nitrogen and oxygen atoms in total. The lowest BCUT2D eigenvalue weighted by Gasteiger charge is -2.14. The molecule has 0 fully saturated rings. The Morgan fingerprint density at radius 2 is 1.95 bits per heavy atom. The molecule has 7 heteroatoms. The molecular weight excluding hydrogens is 356 g/mol. The van der Waals surface area contributed by atoms with Gasteiger partial charge >= 0.3 is 0 Å². The summed E-state index contributed by atoms with van der Waals surface area (Å²) in [6.07, 6.45) is 1.86. The number of hydrogen-bond acceptors (Lipinski definition) is 3. The van der Waals surface area contributed by atoms with E-state index in [1.807, 2.05) is 13.8 Å². The van der Waals surface area contributed by atoms with Gasteiger partial charge in [-0.2, -0.15) is 0 Å². The molecule has 0 unspecified atom stereocenters. The summed E-state index contributed by atoms with van der Waals surface area (Å²) in [6.45, 7) is 4.09. The third-order valence-electron chi connectivity index (χ3n) is 3.10. The molecule has 1 aromatic rings. The van der Waals surface area contributed by atoms with E-state index in [1.165, 1.54) is 12.1 Å². The summed E-state index contributed by atoms with van der Waals surface area (Å²) in [5, 5.41) is 2.87. The van der Waals surface area contributed by atoms with Gasteiger partial charge in [-0.1, -0.05) is 35.8 Å². The van der Waals surface area contributed by atoms with Crippen LogP contribution in [0.3, 0.4) is 0 Å². The Labute approximate surface area is 134 Å². The zero-order valence-corrected chi connectivity index (χ0v) is 14.6. The van der Waals surface area contributed by atoms with Gasteiger partial charge in [-0.25, -0.2) is 13.1 Å². The average Bonchev–Trinajstić information content (AvgIpc) is 2.44. The van der Waals surface area contributed by atoms with Crippen molar-refractivity contribution in [2.45, 2.75) is 44.0 Å². The second kappa shape index (κ2) is 8.51. The van der Waals surface area contributed by atoms with E-state index >= 15 is 0 Å². The molecule has 0 bridgehead atoms. The maximum Gasteiger partial charge on any atom is 0.240 e. The summed E-state index contributed by atoms with van der Waals surface area (Å²) in [4.78, 5) is 11.9. The first-order valence-corrected chi connectivity index (χ1v) is 9.21. The molecule has 0 spiro atoms. The molecule has 0 aliphatic rings. The molecule has 1 rings (SSSR count). The van der Waals surface area contributed by atoms with Crippen molar-refractivity contribution < 1.29 is 13.2 Å². The molecule has 0 radical (unpaired) electrons. The SMILES string of the molecule is CCC(CC)NC(=O)CCNS(=O)(=O)c1cccc(Br)c1. The Morgan fingerprint density at radius 3 is 2.52 bits per heavy atom. The number of carbonyl (C=O) groups excluding carboxylic acids is 1. The molecule has 0 aliphatic heterocycles. The number of carbonyl (C=O) groups is 1. The van der Waals surface area contributed by atoms with Crippen molar-refractivity contribution in [1.82, 2.24) is 10.0 Å². The number of benzene rings is 1. The summed E-state index contributed by atoms with van der Waals surface area (Å²) >= 11 is 3.23. The summed E-state index contributed by atoms with van der Waals surface area (Å²) in [7, 11) is -3.58. The number of rotatable bonds is 8. The monoisotopic (exact) mass is 376 g/mol. The Kier molecular flexibility index (Phi) is 7.34. The van der Waals surface area contributed by atoms with Crippen LogP contribution in [0.5, 0.6) is 0 Å². The second-order valence-corrected chi connectivity index (χ2v) is 7.37. The molecule has 0 saturated carbocycles. The highest BCUT2D eigenvalue weighted by Crippen LogP contribution is 2.15. The van der Waals surface area contributed by atoms with Gasteiger partial charge in [0.25, 0.3) is 0 Å². The third-order valence-corrected chi connectivity index (χ3v) is 5.05. The fourth-order valence-corrected chi connectivity index (χ4v) is 3.44. The molecule has 0 aromatic heterocycles. The maximum atomic E-state index is 12.0. The minimum atomic E-state index is -3.58. The molecule has 1 amide bonds. The Bertz CT molecular complexity index is 571. The van der Waals surface area contributed by atoms with Gasteiger partial charge in [0.1, 0.15) is 0 Å². The molecule has 1 aromatic carbocycles. The van der Waals surface area contributed by atoms with E-state index in [0.717, 1.165) is 12.8 Å². The van der Waals surface area contributed by atoms with E-state index in [2.05, 4.69) is 26.0 Å². The van der Waals surface area contributed by atoms with Crippen LogP contribution in [0.25, 0.3) is 0 Å². The van der Waals surface area contributed by atoms with Crippen molar-refractivity contribution in [2.75, 3.05) is 6.54 Å². The average molecular weight is 377 g/mol. The van der Waals surface area contributed by atoms with Gasteiger partial charge < -0.3 is 5.32 Å². The molecule has 0 heterocycles. The standard InChI is InChI=1S/C14H21BrN2O3S/c1-3-12(4-2)17-14(18)8-9-16-21(19,20)13-7-5-6-11(15)10-13/h5-7,10,12,16H,3-4,8-9H2,1-2H3,(H,17,18). The highest BCUT2D eigenvalue weighted by molar-refractivity contribution is 9.10. The van der Waals surface area contributed by atoms with Crippen LogP contribution in [0.4, 0.5) is 0 Å². The van der Waals surface area contributed by atoms with Gasteiger partial charge in [-0.15, -0.1) is 0 Å². The van der Waals surface area contributed by atoms with Gasteiger partial charge in [0, 0.05) is 23.5 Å². The topological polar surface area (TPSA) is 75.3 Å². The number of amides is 1. The molecule has 2 N–H and O–H groups in total. The quantitative estimate of drug-likeness (QED) is 0.731. The van der Waals surface area contributed by atoms with Crippen molar-refractivity contribution >= 4 is 31.9 Å². The molecular formula is C14H21BrN2O3S. The fraction of sp³-hybridized carbons (Fsp3) is 0.500. The largest absolute Gasteiger partial charge is 0.353 e. The summed E-state index contributed by atoms with van der Waals surface area (Å²) in [5.74, 6) is -0.138. The van der Waals surface area contributed by atoms with Crippen LogP contribution in [-0.4, -0.2) is 26.9 Å². The number of nitrogens with one attached hydrogen (secondary N) is 2. The molecule has 0 atom stereocenters. The van der Waals surface area contributed by atoms with Gasteiger partial charge in [-0.05, 0) is 31.0 Å². The van der Waals surface area contributed by atoms with Crippen LogP contribution < -0.4 is 10.0 Å². The van der Waals surface area contributed by atoms with E-state index in [1.54, 1.807) is 12.1 Å². The lowest BCUT2D eigenvalue weighted by Crippen LogP contribution is -2.36. The van der Waals surface area contributed by atoms with Crippen LogP contribution in [0, 0.1) is 0 Å². The first-order chi connectivity index (χ1) is 9.89. The number of halogens is 1. The van der Waals surface area contributed by atoms with Gasteiger partial charge in [-0.3, -0.25) is 4.79 Å². The minimum Gasteiger partial charge on any atom is -0.353 e. The Morgan fingerprint density at radius 1 is 1.29 bits per heavy atom. The van der Waals surface area contributed by atoms with Crippen LogP contribution in [0.15, 0.2) is 33.6 Å². The summed E-state index contributed by atoms with van der Waals surface area (Å²) < 4.78 is 27.2. The van der Waals surface area contributed by atoms with Crippen LogP contribution in [-0.2, 0) is 14.8 Å². The van der Waals surface area contributed by atoms with E-state index in [9.17, 15) is 13.2 Å². The fourth-order valence-electron chi connectivity index (χ4n) is 1.81. The second-order valence-electron chi connectivity index (χ2n) is 4.69. The molecule has 0 aliphatic carbocycles. The van der Waals surface area contributed by atoms with Gasteiger partial charge in [0.2, 0.25) is 15.9 Å². The highest BCUT2D eigenvalue weighted by atomic mass is 79.9. The van der Waals surface area contributed by atoms with Crippen LogP contribution in [0.2, 0.25) is 0 Å². The molecule has 21 heavy (non-hydrogen) atoms. The predicted molar refractivity (Wildman–Crippen MR) is 86.5 cm³/mol. The lowest BCUT2D eigenvalue weighted by molar-refractivity contribution is -0.121. The molecule has 0 saturated heterocycles.